The highest BCUT2D eigenvalue weighted by atomic mass is 16.4. The van der Waals surface area contributed by atoms with Crippen molar-refractivity contribution >= 4 is 23.4 Å². The van der Waals surface area contributed by atoms with Gasteiger partial charge in [0, 0.05) is 24.6 Å². The van der Waals surface area contributed by atoms with Gasteiger partial charge in [-0.2, -0.15) is 0 Å². The highest BCUT2D eigenvalue weighted by molar-refractivity contribution is 6.05. The first-order valence-electron chi connectivity index (χ1n) is 9.51. The Hall–Kier alpha value is -3.67. The largest absolute Gasteiger partial charge is 0.478 e. The van der Waals surface area contributed by atoms with Gasteiger partial charge in [0.05, 0.1) is 11.9 Å². The molecule has 0 saturated carbocycles. The zero-order chi connectivity index (χ0) is 20.2. The van der Waals surface area contributed by atoms with Crippen molar-refractivity contribution in [3.05, 3.63) is 89.6 Å². The molecule has 0 aliphatic carbocycles. The van der Waals surface area contributed by atoms with E-state index in [0.717, 1.165) is 13.0 Å². The number of carbonyl (C=O) groups excluding carboxylic acids is 1. The molecule has 2 heterocycles. The predicted molar refractivity (Wildman–Crippen MR) is 112 cm³/mol. The number of nitrogens with one attached hydrogen (secondary N) is 1. The van der Waals surface area contributed by atoms with Gasteiger partial charge in [0.15, 0.2) is 0 Å². The fourth-order valence-corrected chi connectivity index (χ4v) is 3.68. The van der Waals surface area contributed by atoms with Crippen LogP contribution in [0.4, 0.5) is 11.5 Å². The molecule has 1 aromatic heterocycles. The summed E-state index contributed by atoms with van der Waals surface area (Å²) in [5.41, 5.74) is 2.20. The van der Waals surface area contributed by atoms with E-state index in [-0.39, 0.29) is 11.5 Å². The molecule has 1 amide bonds. The van der Waals surface area contributed by atoms with Gasteiger partial charge in [0.2, 0.25) is 0 Å². The number of hydrogen-bond acceptors (Lipinski definition) is 4. The van der Waals surface area contributed by atoms with Crippen molar-refractivity contribution in [3.63, 3.8) is 0 Å². The van der Waals surface area contributed by atoms with E-state index in [1.807, 2.05) is 29.2 Å². The van der Waals surface area contributed by atoms with Gasteiger partial charge in [-0.15, -0.1) is 0 Å². The third kappa shape index (κ3) is 4.11. The highest BCUT2D eigenvalue weighted by Gasteiger charge is 2.28. The Bertz CT molecular complexity index is 1020. The standard InChI is InChI=1S/C23H21N3O3/c27-22(17-9-5-2-6-10-17)25-19-13-20(23(28)29)21(24-14-19)26-12-11-18(15-26)16-7-3-1-4-8-16/h1-10,13-14,18H,11-12,15H2,(H,25,27)(H,28,29). The molecule has 0 spiro atoms. The van der Waals surface area contributed by atoms with Crippen LogP contribution in [-0.2, 0) is 0 Å². The van der Waals surface area contributed by atoms with Crippen LogP contribution in [0, 0.1) is 0 Å². The maximum atomic E-state index is 12.3. The molecule has 1 unspecified atom stereocenters. The van der Waals surface area contributed by atoms with Crippen molar-refractivity contribution in [3.8, 4) is 0 Å². The maximum absolute atomic E-state index is 12.3. The van der Waals surface area contributed by atoms with Gasteiger partial charge in [0.1, 0.15) is 11.4 Å². The van der Waals surface area contributed by atoms with Gasteiger partial charge in [0.25, 0.3) is 5.91 Å². The van der Waals surface area contributed by atoms with Crippen LogP contribution in [0.1, 0.15) is 38.6 Å². The average molecular weight is 387 g/mol. The molecule has 1 aliphatic heterocycles. The normalized spacial score (nSPS) is 15.9. The van der Waals surface area contributed by atoms with E-state index < -0.39 is 5.97 Å². The second kappa shape index (κ2) is 8.14. The van der Waals surface area contributed by atoms with Crippen molar-refractivity contribution in [2.24, 2.45) is 0 Å². The predicted octanol–water partition coefficient (Wildman–Crippen LogP) is 4.03. The first kappa shape index (κ1) is 18.7. The van der Waals surface area contributed by atoms with Crippen LogP contribution in [0.5, 0.6) is 0 Å². The molecule has 6 nitrogen and oxygen atoms in total. The lowest BCUT2D eigenvalue weighted by atomic mass is 9.99. The molecule has 3 aromatic rings. The number of benzene rings is 2. The summed E-state index contributed by atoms with van der Waals surface area (Å²) in [6, 6.07) is 20.5. The second-order valence-corrected chi connectivity index (χ2v) is 7.06. The molecule has 1 fully saturated rings. The molecule has 0 radical (unpaired) electrons. The molecule has 4 rings (SSSR count). The van der Waals surface area contributed by atoms with Crippen molar-refractivity contribution in [2.75, 3.05) is 23.3 Å². The van der Waals surface area contributed by atoms with E-state index in [4.69, 9.17) is 0 Å². The first-order chi connectivity index (χ1) is 14.1. The number of carboxylic acid groups (broad SMARTS) is 1. The minimum Gasteiger partial charge on any atom is -0.478 e. The lowest BCUT2D eigenvalue weighted by Crippen LogP contribution is -2.23. The molecule has 1 aliphatic rings. The maximum Gasteiger partial charge on any atom is 0.339 e. The Morgan fingerprint density at radius 1 is 1.03 bits per heavy atom. The summed E-state index contributed by atoms with van der Waals surface area (Å²) >= 11 is 0. The summed E-state index contributed by atoms with van der Waals surface area (Å²) in [6.45, 7) is 1.45. The smallest absolute Gasteiger partial charge is 0.339 e. The fraction of sp³-hybridized carbons (Fsp3) is 0.174. The molecule has 1 saturated heterocycles. The molecule has 1 atom stereocenters. The summed E-state index contributed by atoms with van der Waals surface area (Å²) in [7, 11) is 0. The number of pyridine rings is 1. The van der Waals surface area contributed by atoms with Crippen LogP contribution >= 0.6 is 0 Å². The number of aromatic carboxylic acids is 1. The van der Waals surface area contributed by atoms with Gasteiger partial charge in [-0.25, -0.2) is 9.78 Å². The van der Waals surface area contributed by atoms with Gasteiger partial charge in [-0.3, -0.25) is 4.79 Å². The van der Waals surface area contributed by atoms with Gasteiger partial charge in [-0.05, 0) is 30.2 Å². The molecule has 146 valence electrons. The van der Waals surface area contributed by atoms with E-state index in [9.17, 15) is 14.7 Å². The van der Waals surface area contributed by atoms with Gasteiger partial charge in [-0.1, -0.05) is 48.5 Å². The third-order valence-electron chi connectivity index (χ3n) is 5.15. The number of rotatable bonds is 5. The number of aromatic nitrogens is 1. The molecular formula is C23H21N3O3. The number of carboxylic acids is 1. The van der Waals surface area contributed by atoms with Crippen molar-refractivity contribution in [1.82, 2.24) is 4.98 Å². The van der Waals surface area contributed by atoms with E-state index in [1.54, 1.807) is 24.3 Å². The van der Waals surface area contributed by atoms with E-state index in [2.05, 4.69) is 22.4 Å². The molecule has 2 N–H and O–H groups in total. The first-order valence-corrected chi connectivity index (χ1v) is 9.51. The van der Waals surface area contributed by atoms with E-state index in [0.29, 0.717) is 29.5 Å². The van der Waals surface area contributed by atoms with E-state index >= 15 is 0 Å². The lowest BCUT2D eigenvalue weighted by molar-refractivity contribution is 0.0697. The van der Waals surface area contributed by atoms with Crippen LogP contribution in [-0.4, -0.2) is 35.1 Å². The Balaban J connectivity index is 1.54. The fourth-order valence-electron chi connectivity index (χ4n) is 3.68. The monoisotopic (exact) mass is 387 g/mol. The minimum atomic E-state index is -1.06. The van der Waals surface area contributed by atoms with E-state index in [1.165, 1.54) is 17.8 Å². The summed E-state index contributed by atoms with van der Waals surface area (Å²) in [4.78, 5) is 30.6. The van der Waals surface area contributed by atoms with Crippen LogP contribution in [0.3, 0.4) is 0 Å². The third-order valence-corrected chi connectivity index (χ3v) is 5.15. The zero-order valence-electron chi connectivity index (χ0n) is 15.8. The summed E-state index contributed by atoms with van der Waals surface area (Å²) in [5, 5.41) is 12.4. The highest BCUT2D eigenvalue weighted by Crippen LogP contribution is 2.32. The van der Waals surface area contributed by atoms with Crippen LogP contribution in [0.2, 0.25) is 0 Å². The van der Waals surface area contributed by atoms with Crippen molar-refractivity contribution in [1.29, 1.82) is 0 Å². The van der Waals surface area contributed by atoms with Crippen LogP contribution in [0.15, 0.2) is 72.9 Å². The Kier molecular flexibility index (Phi) is 5.24. The van der Waals surface area contributed by atoms with Crippen molar-refractivity contribution < 1.29 is 14.7 Å². The molecule has 2 aromatic carbocycles. The number of carbonyl (C=O) groups is 2. The number of anilines is 2. The molecule has 0 bridgehead atoms. The Labute approximate surface area is 168 Å². The summed E-state index contributed by atoms with van der Waals surface area (Å²) in [5.74, 6) is -0.584. The summed E-state index contributed by atoms with van der Waals surface area (Å²) < 4.78 is 0. The number of hydrogen-bond donors (Lipinski definition) is 2. The molecular weight excluding hydrogens is 366 g/mol. The van der Waals surface area contributed by atoms with Crippen LogP contribution in [0.25, 0.3) is 0 Å². The Morgan fingerprint density at radius 2 is 1.72 bits per heavy atom. The SMILES string of the molecule is O=C(Nc1cnc(N2CCC(c3ccccc3)C2)c(C(=O)O)c1)c1ccccc1. The quantitative estimate of drug-likeness (QED) is 0.691. The zero-order valence-corrected chi connectivity index (χ0v) is 15.8. The van der Waals surface area contributed by atoms with Crippen molar-refractivity contribution in [2.45, 2.75) is 12.3 Å². The number of amides is 1. The minimum absolute atomic E-state index is 0.0876. The lowest BCUT2D eigenvalue weighted by Gasteiger charge is -2.20. The van der Waals surface area contributed by atoms with Gasteiger partial charge >= 0.3 is 5.97 Å². The molecule has 29 heavy (non-hydrogen) atoms. The summed E-state index contributed by atoms with van der Waals surface area (Å²) in [6.07, 6.45) is 2.45. The Morgan fingerprint density at radius 3 is 2.41 bits per heavy atom. The number of nitrogens with zero attached hydrogens (tertiary/aromatic N) is 2. The topological polar surface area (TPSA) is 82.5 Å². The molecule has 6 heteroatoms. The average Bonchev–Trinajstić information content (AvgIpc) is 3.25. The van der Waals surface area contributed by atoms with Crippen LogP contribution < -0.4 is 10.2 Å². The van der Waals surface area contributed by atoms with Gasteiger partial charge < -0.3 is 15.3 Å². The second-order valence-electron chi connectivity index (χ2n) is 7.06.